The molecule has 1 unspecified atom stereocenters. The first-order valence-corrected chi connectivity index (χ1v) is 11.9. The second kappa shape index (κ2) is 13.1. The fourth-order valence-electron chi connectivity index (χ4n) is 3.35. The first-order valence-electron chi connectivity index (χ1n) is 11.9. The maximum atomic E-state index is 11.9. The van der Waals surface area contributed by atoms with Crippen LogP contribution in [0, 0.1) is 5.92 Å². The van der Waals surface area contributed by atoms with E-state index in [9.17, 15) is 18.0 Å². The highest BCUT2D eigenvalue weighted by Gasteiger charge is 2.39. The van der Waals surface area contributed by atoms with Crippen molar-refractivity contribution in [2.24, 2.45) is 5.92 Å². The molecule has 0 radical (unpaired) electrons. The number of rotatable bonds is 6. The van der Waals surface area contributed by atoms with Gasteiger partial charge in [0.15, 0.2) is 0 Å². The lowest BCUT2D eigenvalue weighted by molar-refractivity contribution is -0.174. The van der Waals surface area contributed by atoms with E-state index in [-0.39, 0.29) is 5.75 Å². The molecule has 2 aliphatic rings. The van der Waals surface area contributed by atoms with Crippen molar-refractivity contribution >= 4 is 11.6 Å². The number of ether oxygens (including phenoxy) is 1. The highest BCUT2D eigenvalue weighted by atomic mass is 19.4. The number of benzene rings is 2. The molecule has 2 aromatic rings. The lowest BCUT2D eigenvalue weighted by Gasteiger charge is -2.17. The summed E-state index contributed by atoms with van der Waals surface area (Å²) in [5.74, 6) is -0.112. The summed E-state index contributed by atoms with van der Waals surface area (Å²) in [6.07, 6.45) is 0.489. The summed E-state index contributed by atoms with van der Waals surface area (Å²) in [7, 11) is 0. The van der Waals surface area contributed by atoms with Gasteiger partial charge in [-0.2, -0.15) is 13.2 Å². The van der Waals surface area contributed by atoms with Crippen LogP contribution in [0.1, 0.15) is 58.1 Å². The van der Waals surface area contributed by atoms with Gasteiger partial charge in [-0.25, -0.2) is 0 Å². The molecule has 1 atom stereocenters. The Morgan fingerprint density at radius 1 is 1.06 bits per heavy atom. The predicted octanol–water partition coefficient (Wildman–Crippen LogP) is 6.23. The number of alkyl halides is 3. The third-order valence-electron chi connectivity index (χ3n) is 5.49. The zero-order chi connectivity index (χ0) is 25.1. The molecule has 4 rings (SSSR count). The van der Waals surface area contributed by atoms with Crippen molar-refractivity contribution in [3.05, 3.63) is 54.1 Å². The van der Waals surface area contributed by atoms with Gasteiger partial charge >= 0.3 is 12.1 Å². The van der Waals surface area contributed by atoms with Crippen LogP contribution in [0.5, 0.6) is 11.5 Å². The van der Waals surface area contributed by atoms with Gasteiger partial charge in [0.05, 0.1) is 12.6 Å². The minimum Gasteiger partial charge on any atom is -0.508 e. The van der Waals surface area contributed by atoms with Crippen LogP contribution < -0.4 is 15.0 Å². The molecule has 2 fully saturated rings. The van der Waals surface area contributed by atoms with Gasteiger partial charge in [-0.05, 0) is 80.5 Å². The van der Waals surface area contributed by atoms with Crippen molar-refractivity contribution in [2.45, 2.75) is 58.7 Å². The molecule has 8 heteroatoms. The van der Waals surface area contributed by atoms with Crippen molar-refractivity contribution in [2.75, 3.05) is 24.6 Å². The predicted molar refractivity (Wildman–Crippen MR) is 128 cm³/mol. The number of aromatic hydroxyl groups is 1. The van der Waals surface area contributed by atoms with Crippen LogP contribution in [0.2, 0.25) is 0 Å². The van der Waals surface area contributed by atoms with Gasteiger partial charge < -0.3 is 20.1 Å². The Labute approximate surface area is 199 Å². The Balaban J connectivity index is 0.000000224. The minimum absolute atomic E-state index is 0.0121. The van der Waals surface area contributed by atoms with Crippen LogP contribution in [0.3, 0.4) is 0 Å². The van der Waals surface area contributed by atoms with Crippen molar-refractivity contribution < 1.29 is 27.8 Å². The number of nitrogens with zero attached hydrogens (tertiary/aromatic N) is 1. The second-order valence-electron chi connectivity index (χ2n) is 8.23. The van der Waals surface area contributed by atoms with Crippen molar-refractivity contribution in [1.82, 2.24) is 5.32 Å². The smallest absolute Gasteiger partial charge is 0.471 e. The molecular weight excluding hydrogens is 445 g/mol. The number of hydrogen-bond donors (Lipinski definition) is 2. The molecule has 2 aromatic carbocycles. The van der Waals surface area contributed by atoms with Gasteiger partial charge in [0.25, 0.3) is 0 Å². The number of phenolic OH excluding ortho intramolecular Hbond substituents is 1. The number of amides is 1. The number of anilines is 1. The fourth-order valence-corrected chi connectivity index (χ4v) is 3.35. The van der Waals surface area contributed by atoms with Gasteiger partial charge in [0.2, 0.25) is 0 Å². The Bertz CT molecular complexity index is 860. The summed E-state index contributed by atoms with van der Waals surface area (Å²) in [5.41, 5.74) is 1.83. The monoisotopic (exact) mass is 480 g/mol. The molecule has 34 heavy (non-hydrogen) atoms. The maximum absolute atomic E-state index is 11.9. The Morgan fingerprint density at radius 3 is 2.12 bits per heavy atom. The minimum atomic E-state index is -4.88. The van der Waals surface area contributed by atoms with E-state index in [0.717, 1.165) is 18.3 Å². The molecule has 1 aliphatic carbocycles. The summed E-state index contributed by atoms with van der Waals surface area (Å²) in [5, 5.41) is 10.8. The number of carbonyl (C=O) groups is 1. The molecule has 1 saturated carbocycles. The highest BCUT2D eigenvalue weighted by Crippen LogP contribution is 2.30. The Morgan fingerprint density at radius 2 is 1.62 bits per heavy atom. The number of carbonyl (C=O) groups excluding carboxylic acids is 1. The molecule has 1 amide bonds. The molecule has 0 bridgehead atoms. The van der Waals surface area contributed by atoms with Gasteiger partial charge in [-0.15, -0.1) is 0 Å². The average molecular weight is 481 g/mol. The van der Waals surface area contributed by atoms with Crippen LogP contribution in [0.15, 0.2) is 48.5 Å². The van der Waals surface area contributed by atoms with Crippen molar-refractivity contribution in [3.63, 3.8) is 0 Å². The van der Waals surface area contributed by atoms with Gasteiger partial charge in [0.1, 0.15) is 11.5 Å². The molecule has 2 N–H and O–H groups in total. The lowest BCUT2D eigenvalue weighted by Crippen LogP contribution is -2.38. The third-order valence-corrected chi connectivity index (χ3v) is 5.49. The summed E-state index contributed by atoms with van der Waals surface area (Å²) in [6.45, 7) is 8.75. The van der Waals surface area contributed by atoms with Crippen LogP contribution in [-0.2, 0) is 4.79 Å². The first kappa shape index (κ1) is 27.3. The SMILES string of the molecule is CC.CC(NC(=O)C(F)(F)F)c1ccc(O)cc1.c1cc(N2CCCC2)ccc1OCC1CC1. The molecular formula is C26H35F3N2O3. The first-order chi connectivity index (χ1) is 16.2. The standard InChI is InChI=1S/C14H19NO.C10H10F3NO2.C2H6/c1-2-10-15(9-1)13-5-7-14(8-6-13)16-11-12-3-4-12;1-6(14-9(16)10(11,12)13)7-2-4-8(15)5-3-7;1-2/h5-8,12H,1-4,9-11H2;2-6,15H,1H3,(H,14,16);1-2H3. The Kier molecular flexibility index (Phi) is 10.5. The zero-order valence-electron chi connectivity index (χ0n) is 20.1. The molecule has 0 spiro atoms. The summed E-state index contributed by atoms with van der Waals surface area (Å²) in [6, 6.07) is 13.4. The Hall–Kier alpha value is -2.90. The number of halogens is 3. The largest absolute Gasteiger partial charge is 0.508 e. The van der Waals surface area contributed by atoms with E-state index in [1.54, 1.807) is 0 Å². The van der Waals surface area contributed by atoms with Crippen molar-refractivity contribution in [3.8, 4) is 11.5 Å². The average Bonchev–Trinajstić information content (AvgIpc) is 3.50. The zero-order valence-corrected chi connectivity index (χ0v) is 20.1. The lowest BCUT2D eigenvalue weighted by atomic mass is 10.1. The fraction of sp³-hybridized carbons (Fsp3) is 0.500. The normalized spacial score (nSPS) is 15.9. The van der Waals surface area contributed by atoms with Gasteiger partial charge in [0, 0.05) is 18.8 Å². The van der Waals surface area contributed by atoms with Gasteiger partial charge in [-0.3, -0.25) is 4.79 Å². The van der Waals surface area contributed by atoms with E-state index < -0.39 is 18.1 Å². The van der Waals surface area contributed by atoms with Crippen molar-refractivity contribution in [1.29, 1.82) is 0 Å². The van der Waals surface area contributed by atoms with Crippen LogP contribution >= 0.6 is 0 Å². The summed E-state index contributed by atoms with van der Waals surface area (Å²) in [4.78, 5) is 13.1. The van der Waals surface area contributed by atoms with E-state index in [1.165, 1.54) is 75.6 Å². The maximum Gasteiger partial charge on any atom is 0.471 e. The molecule has 5 nitrogen and oxygen atoms in total. The topological polar surface area (TPSA) is 61.8 Å². The molecule has 1 saturated heterocycles. The van der Waals surface area contributed by atoms with E-state index in [1.807, 2.05) is 19.2 Å². The van der Waals surface area contributed by atoms with Crippen LogP contribution in [0.4, 0.5) is 18.9 Å². The third kappa shape index (κ3) is 9.15. The quantitative estimate of drug-likeness (QED) is 0.514. The molecule has 1 heterocycles. The molecule has 0 aromatic heterocycles. The van der Waals surface area contributed by atoms with Gasteiger partial charge in [-0.1, -0.05) is 26.0 Å². The van der Waals surface area contributed by atoms with E-state index in [2.05, 4.69) is 29.2 Å². The van der Waals surface area contributed by atoms with E-state index >= 15 is 0 Å². The van der Waals surface area contributed by atoms with E-state index in [4.69, 9.17) is 9.84 Å². The van der Waals surface area contributed by atoms with E-state index in [0.29, 0.717) is 5.56 Å². The van der Waals surface area contributed by atoms with Crippen LogP contribution in [-0.4, -0.2) is 36.9 Å². The number of nitrogens with one attached hydrogen (secondary N) is 1. The number of phenols is 1. The molecule has 1 aliphatic heterocycles. The molecule has 188 valence electrons. The second-order valence-corrected chi connectivity index (χ2v) is 8.23. The summed E-state index contributed by atoms with van der Waals surface area (Å²) >= 11 is 0. The summed E-state index contributed by atoms with van der Waals surface area (Å²) < 4.78 is 41.5. The highest BCUT2D eigenvalue weighted by molar-refractivity contribution is 5.82. The van der Waals surface area contributed by atoms with Crippen LogP contribution in [0.25, 0.3) is 0 Å². The number of hydrogen-bond acceptors (Lipinski definition) is 4.